The van der Waals surface area contributed by atoms with E-state index in [-0.39, 0.29) is 0 Å². The van der Waals surface area contributed by atoms with Crippen LogP contribution in [0.2, 0.25) is 0 Å². The smallest absolute Gasteiger partial charge is 0.0209 e. The summed E-state index contributed by atoms with van der Waals surface area (Å²) in [6, 6.07) is 2.28. The van der Waals surface area contributed by atoms with Gasteiger partial charge in [0.25, 0.3) is 0 Å². The number of nitrogens with zero attached hydrogens (tertiary/aromatic N) is 1. The van der Waals surface area contributed by atoms with Crippen molar-refractivity contribution < 1.29 is 0 Å². The lowest BCUT2D eigenvalue weighted by Gasteiger charge is -2.30. The Kier molecular flexibility index (Phi) is 5.19. The van der Waals surface area contributed by atoms with Crippen molar-refractivity contribution in [3.05, 3.63) is 0 Å². The van der Waals surface area contributed by atoms with Crippen molar-refractivity contribution in [3.63, 3.8) is 0 Å². The van der Waals surface area contributed by atoms with Crippen molar-refractivity contribution in [2.24, 2.45) is 0 Å². The Morgan fingerprint density at radius 2 is 1.76 bits per heavy atom. The minimum atomic E-state index is 0.717. The lowest BCUT2D eigenvalue weighted by atomic mass is 9.94. The van der Waals surface area contributed by atoms with Crippen LogP contribution in [0.25, 0.3) is 0 Å². The molecule has 17 heavy (non-hydrogen) atoms. The van der Waals surface area contributed by atoms with Gasteiger partial charge in [0, 0.05) is 29.9 Å². The molecule has 0 aromatic heterocycles. The van der Waals surface area contributed by atoms with Crippen molar-refractivity contribution in [3.8, 4) is 0 Å². The molecule has 0 spiro atoms. The van der Waals surface area contributed by atoms with Crippen molar-refractivity contribution in [2.75, 3.05) is 19.3 Å². The molecule has 0 bridgehead atoms. The Labute approximate surface area is 111 Å². The standard InChI is InChI=1S/C14H28N2S/c1-11(2)16-9-8-13(10-16)15-12-4-6-14(17-3)7-5-12/h11-15H,4-10H2,1-3H3. The van der Waals surface area contributed by atoms with E-state index in [0.717, 1.165) is 17.3 Å². The van der Waals surface area contributed by atoms with Crippen LogP contribution < -0.4 is 5.32 Å². The van der Waals surface area contributed by atoms with E-state index in [1.165, 1.54) is 45.2 Å². The first-order valence-corrected chi connectivity index (χ1v) is 8.50. The average Bonchev–Trinajstić information content (AvgIpc) is 2.79. The van der Waals surface area contributed by atoms with Crippen LogP contribution in [-0.2, 0) is 0 Å². The molecule has 1 aliphatic carbocycles. The maximum atomic E-state index is 3.90. The summed E-state index contributed by atoms with van der Waals surface area (Å²) in [6.45, 7) is 7.17. The highest BCUT2D eigenvalue weighted by atomic mass is 32.2. The number of thioether (sulfide) groups is 1. The van der Waals surface area contributed by atoms with Crippen LogP contribution in [-0.4, -0.2) is 47.6 Å². The molecular weight excluding hydrogens is 228 g/mol. The Morgan fingerprint density at radius 3 is 2.29 bits per heavy atom. The van der Waals surface area contributed by atoms with Gasteiger partial charge >= 0.3 is 0 Å². The van der Waals surface area contributed by atoms with Gasteiger partial charge in [0.2, 0.25) is 0 Å². The highest BCUT2D eigenvalue weighted by Crippen LogP contribution is 2.27. The van der Waals surface area contributed by atoms with Gasteiger partial charge in [0.1, 0.15) is 0 Å². The number of hydrogen-bond donors (Lipinski definition) is 1. The normalized spacial score (nSPS) is 35.6. The second-order valence-corrected chi connectivity index (χ2v) is 7.09. The molecule has 1 saturated carbocycles. The predicted octanol–water partition coefficient (Wildman–Crippen LogP) is 2.73. The molecule has 1 N–H and O–H groups in total. The molecule has 2 aliphatic rings. The first kappa shape index (κ1) is 13.7. The van der Waals surface area contributed by atoms with Crippen LogP contribution in [0.15, 0.2) is 0 Å². The zero-order valence-corrected chi connectivity index (χ0v) is 12.4. The monoisotopic (exact) mass is 256 g/mol. The molecule has 1 atom stereocenters. The summed E-state index contributed by atoms with van der Waals surface area (Å²) < 4.78 is 0. The van der Waals surface area contributed by atoms with Gasteiger partial charge in [0.05, 0.1) is 0 Å². The summed E-state index contributed by atoms with van der Waals surface area (Å²) in [5.74, 6) is 0. The highest BCUT2D eigenvalue weighted by molar-refractivity contribution is 7.99. The molecule has 1 unspecified atom stereocenters. The Balaban J connectivity index is 1.69. The van der Waals surface area contributed by atoms with Gasteiger partial charge in [-0.15, -0.1) is 0 Å². The Bertz CT molecular complexity index is 224. The van der Waals surface area contributed by atoms with Gasteiger partial charge in [-0.2, -0.15) is 11.8 Å². The van der Waals surface area contributed by atoms with E-state index in [4.69, 9.17) is 0 Å². The second-order valence-electron chi connectivity index (χ2n) is 5.95. The third kappa shape index (κ3) is 3.87. The fourth-order valence-electron chi connectivity index (χ4n) is 3.19. The van der Waals surface area contributed by atoms with Crippen LogP contribution in [0, 0.1) is 0 Å². The van der Waals surface area contributed by atoms with Gasteiger partial charge < -0.3 is 5.32 Å². The fourth-order valence-corrected chi connectivity index (χ4v) is 3.93. The number of likely N-dealkylation sites (tertiary alicyclic amines) is 1. The first-order chi connectivity index (χ1) is 8.19. The average molecular weight is 256 g/mol. The Hall–Kier alpha value is 0.270. The zero-order valence-electron chi connectivity index (χ0n) is 11.6. The number of nitrogens with one attached hydrogen (secondary N) is 1. The molecule has 1 aliphatic heterocycles. The van der Waals surface area contributed by atoms with Gasteiger partial charge in [-0.3, -0.25) is 4.90 Å². The molecule has 0 amide bonds. The van der Waals surface area contributed by atoms with Crippen molar-refractivity contribution in [1.29, 1.82) is 0 Å². The number of hydrogen-bond acceptors (Lipinski definition) is 3. The van der Waals surface area contributed by atoms with Crippen LogP contribution >= 0.6 is 11.8 Å². The molecule has 3 heteroatoms. The quantitative estimate of drug-likeness (QED) is 0.832. The Morgan fingerprint density at radius 1 is 1.06 bits per heavy atom. The molecule has 2 rings (SSSR count). The van der Waals surface area contributed by atoms with Crippen molar-refractivity contribution in [2.45, 2.75) is 69.3 Å². The van der Waals surface area contributed by atoms with Crippen LogP contribution in [0.3, 0.4) is 0 Å². The third-order valence-electron chi connectivity index (χ3n) is 4.43. The van der Waals surface area contributed by atoms with Gasteiger partial charge in [0.15, 0.2) is 0 Å². The van der Waals surface area contributed by atoms with E-state index in [9.17, 15) is 0 Å². The molecular formula is C14H28N2S. The highest BCUT2D eigenvalue weighted by Gasteiger charge is 2.27. The maximum Gasteiger partial charge on any atom is 0.0209 e. The lowest BCUT2D eigenvalue weighted by Crippen LogP contribution is -2.42. The summed E-state index contributed by atoms with van der Waals surface area (Å²) in [5, 5.41) is 4.83. The minimum absolute atomic E-state index is 0.717. The third-order valence-corrected chi connectivity index (χ3v) is 5.57. The summed E-state index contributed by atoms with van der Waals surface area (Å²) in [5.41, 5.74) is 0. The van der Waals surface area contributed by atoms with Crippen LogP contribution in [0.4, 0.5) is 0 Å². The molecule has 0 aromatic carbocycles. The van der Waals surface area contributed by atoms with Crippen molar-refractivity contribution in [1.82, 2.24) is 10.2 Å². The molecule has 100 valence electrons. The molecule has 0 aromatic rings. The SMILES string of the molecule is CSC1CCC(NC2CCN(C(C)C)C2)CC1. The van der Waals surface area contributed by atoms with E-state index >= 15 is 0 Å². The van der Waals surface area contributed by atoms with Crippen molar-refractivity contribution >= 4 is 11.8 Å². The fraction of sp³-hybridized carbons (Fsp3) is 1.00. The lowest BCUT2D eigenvalue weighted by molar-refractivity contribution is 0.260. The maximum absolute atomic E-state index is 3.90. The molecule has 2 nitrogen and oxygen atoms in total. The van der Waals surface area contributed by atoms with E-state index in [1.807, 2.05) is 0 Å². The molecule has 1 saturated heterocycles. The van der Waals surface area contributed by atoms with Gasteiger partial charge in [-0.25, -0.2) is 0 Å². The molecule has 2 fully saturated rings. The zero-order chi connectivity index (χ0) is 12.3. The van der Waals surface area contributed by atoms with E-state index in [1.54, 1.807) is 0 Å². The summed E-state index contributed by atoms with van der Waals surface area (Å²) >= 11 is 2.06. The largest absolute Gasteiger partial charge is 0.310 e. The van der Waals surface area contributed by atoms with E-state index < -0.39 is 0 Å². The molecule has 0 radical (unpaired) electrons. The van der Waals surface area contributed by atoms with Crippen LogP contribution in [0.5, 0.6) is 0 Å². The summed E-state index contributed by atoms with van der Waals surface area (Å²) in [4.78, 5) is 2.60. The minimum Gasteiger partial charge on any atom is -0.310 e. The second kappa shape index (κ2) is 6.44. The number of rotatable bonds is 4. The van der Waals surface area contributed by atoms with Gasteiger partial charge in [-0.1, -0.05) is 0 Å². The first-order valence-electron chi connectivity index (χ1n) is 7.22. The predicted molar refractivity (Wildman–Crippen MR) is 77.8 cm³/mol. The summed E-state index contributed by atoms with van der Waals surface area (Å²) in [6.07, 6.45) is 9.23. The topological polar surface area (TPSA) is 15.3 Å². The van der Waals surface area contributed by atoms with Crippen LogP contribution in [0.1, 0.15) is 46.0 Å². The van der Waals surface area contributed by atoms with Gasteiger partial charge in [-0.05, 0) is 58.8 Å². The van der Waals surface area contributed by atoms with E-state index in [2.05, 4.69) is 42.1 Å². The summed E-state index contributed by atoms with van der Waals surface area (Å²) in [7, 11) is 0. The molecule has 1 heterocycles. The van der Waals surface area contributed by atoms with E-state index in [0.29, 0.717) is 6.04 Å².